The van der Waals surface area contributed by atoms with Gasteiger partial charge in [-0.15, -0.1) is 0 Å². The van der Waals surface area contributed by atoms with Gasteiger partial charge >= 0.3 is 0 Å². The molecule has 0 spiro atoms. The maximum Gasteiger partial charge on any atom is 0.260 e. The smallest absolute Gasteiger partial charge is 0.260 e. The number of nitrogens with one attached hydrogen (secondary N) is 1. The molecule has 17 heavy (non-hydrogen) atoms. The van der Waals surface area contributed by atoms with Crippen molar-refractivity contribution in [3.8, 4) is 0 Å². The topological polar surface area (TPSA) is 90.0 Å². The molecule has 1 aromatic heterocycles. The zero-order valence-electron chi connectivity index (χ0n) is 10.2. The summed E-state index contributed by atoms with van der Waals surface area (Å²) in [6.45, 7) is 4.92. The average molecular weight is 276 g/mol. The maximum absolute atomic E-state index is 12.0. The molecule has 0 unspecified atom stereocenters. The summed E-state index contributed by atoms with van der Waals surface area (Å²) < 4.78 is 28.1. The highest BCUT2D eigenvalue weighted by Crippen LogP contribution is 2.12. The molecule has 96 valence electrons. The quantitative estimate of drug-likeness (QED) is 0.760. The van der Waals surface area contributed by atoms with E-state index in [4.69, 9.17) is 18.0 Å². The highest BCUT2D eigenvalue weighted by molar-refractivity contribution is 7.89. The van der Waals surface area contributed by atoms with Gasteiger partial charge in [-0.2, -0.15) is 4.72 Å². The fraction of sp³-hybridized carbons (Fsp3) is 0.556. The summed E-state index contributed by atoms with van der Waals surface area (Å²) in [6.07, 6.45) is 1.44. The molecule has 1 aromatic rings. The Hall–Kier alpha value is -0.990. The van der Waals surface area contributed by atoms with Crippen LogP contribution >= 0.6 is 12.2 Å². The van der Waals surface area contributed by atoms with E-state index in [9.17, 15) is 8.42 Å². The summed E-state index contributed by atoms with van der Waals surface area (Å²) in [5.41, 5.74) is 4.48. The van der Waals surface area contributed by atoms with E-state index in [1.165, 1.54) is 6.20 Å². The molecule has 0 radical (unpaired) electrons. The van der Waals surface area contributed by atoms with E-state index in [0.29, 0.717) is 5.82 Å². The summed E-state index contributed by atoms with van der Waals surface area (Å²) in [4.78, 5) is 4.03. The zero-order chi connectivity index (χ0) is 13.4. The van der Waals surface area contributed by atoms with Crippen molar-refractivity contribution >= 4 is 27.2 Å². The van der Waals surface area contributed by atoms with Crippen LogP contribution in [0.25, 0.3) is 0 Å². The number of sulfonamides is 1. The predicted molar refractivity (Wildman–Crippen MR) is 69.1 cm³/mol. The van der Waals surface area contributed by atoms with Gasteiger partial charge in [0.05, 0.1) is 10.5 Å². The van der Waals surface area contributed by atoms with Crippen LogP contribution in [0.1, 0.15) is 19.7 Å². The van der Waals surface area contributed by atoms with Gasteiger partial charge in [-0.1, -0.05) is 12.2 Å². The number of rotatable bonds is 4. The van der Waals surface area contributed by atoms with Crippen LogP contribution in [0.3, 0.4) is 0 Å². The molecule has 0 aromatic carbocycles. The van der Waals surface area contributed by atoms with Gasteiger partial charge in [-0.05, 0) is 20.8 Å². The second kappa shape index (κ2) is 4.35. The molecule has 0 atom stereocenters. The van der Waals surface area contributed by atoms with Crippen molar-refractivity contribution in [2.45, 2.75) is 31.3 Å². The van der Waals surface area contributed by atoms with Crippen LogP contribution in [-0.2, 0) is 17.1 Å². The number of aryl methyl sites for hydroxylation is 2. The lowest BCUT2D eigenvalue weighted by atomic mass is 10.1. The molecule has 1 heterocycles. The van der Waals surface area contributed by atoms with Crippen molar-refractivity contribution in [3.05, 3.63) is 12.0 Å². The van der Waals surface area contributed by atoms with Crippen molar-refractivity contribution in [3.63, 3.8) is 0 Å². The van der Waals surface area contributed by atoms with Crippen molar-refractivity contribution in [1.82, 2.24) is 14.3 Å². The second-order valence-electron chi connectivity index (χ2n) is 4.33. The lowest BCUT2D eigenvalue weighted by Gasteiger charge is -2.23. The van der Waals surface area contributed by atoms with Crippen LogP contribution in [0, 0.1) is 6.92 Å². The van der Waals surface area contributed by atoms with Gasteiger partial charge in [-0.3, -0.25) is 0 Å². The number of imidazole rings is 1. The summed E-state index contributed by atoms with van der Waals surface area (Å²) in [5, 5.41) is -0.0400. The third kappa shape index (κ3) is 3.02. The SMILES string of the molecule is Cc1nc(S(=O)(=O)NC(C)(C)C(N)=S)cn1C. The fourth-order valence-electron chi connectivity index (χ4n) is 1.09. The highest BCUT2D eigenvalue weighted by atomic mass is 32.2. The lowest BCUT2D eigenvalue weighted by molar-refractivity contribution is 0.543. The minimum atomic E-state index is -3.71. The van der Waals surface area contributed by atoms with E-state index in [1.807, 2.05) is 0 Å². The lowest BCUT2D eigenvalue weighted by Crippen LogP contribution is -2.52. The van der Waals surface area contributed by atoms with Crippen molar-refractivity contribution in [1.29, 1.82) is 0 Å². The van der Waals surface area contributed by atoms with E-state index >= 15 is 0 Å². The van der Waals surface area contributed by atoms with E-state index < -0.39 is 15.6 Å². The zero-order valence-corrected chi connectivity index (χ0v) is 11.8. The Morgan fingerprint density at radius 1 is 1.59 bits per heavy atom. The summed E-state index contributed by atoms with van der Waals surface area (Å²) >= 11 is 4.81. The standard InChI is InChI=1S/C9H16N4O2S2/c1-6-11-7(5-13(6)4)17(14,15)12-9(2,3)8(10)16/h5,12H,1-4H3,(H2,10,16). The number of nitrogens with two attached hydrogens (primary N) is 1. The molecular weight excluding hydrogens is 260 g/mol. The van der Waals surface area contributed by atoms with Gasteiger partial charge < -0.3 is 10.3 Å². The van der Waals surface area contributed by atoms with E-state index in [2.05, 4.69) is 9.71 Å². The van der Waals surface area contributed by atoms with Crippen molar-refractivity contribution in [2.75, 3.05) is 0 Å². The molecule has 3 N–H and O–H groups in total. The van der Waals surface area contributed by atoms with Crippen LogP contribution in [0.5, 0.6) is 0 Å². The van der Waals surface area contributed by atoms with Crippen LogP contribution in [0.4, 0.5) is 0 Å². The molecule has 6 nitrogen and oxygen atoms in total. The van der Waals surface area contributed by atoms with Crippen LogP contribution in [0.15, 0.2) is 11.2 Å². The Labute approximate surface area is 106 Å². The summed E-state index contributed by atoms with van der Waals surface area (Å²) in [6, 6.07) is 0. The monoisotopic (exact) mass is 276 g/mol. The van der Waals surface area contributed by atoms with Crippen molar-refractivity contribution < 1.29 is 8.42 Å². The molecule has 8 heteroatoms. The molecule has 1 rings (SSSR count). The third-order valence-corrected chi connectivity index (χ3v) is 4.40. The Morgan fingerprint density at radius 3 is 2.47 bits per heavy atom. The maximum atomic E-state index is 12.0. The van der Waals surface area contributed by atoms with Gasteiger partial charge in [-0.25, -0.2) is 13.4 Å². The summed E-state index contributed by atoms with van der Waals surface area (Å²) in [5.74, 6) is 0.610. The van der Waals surface area contributed by atoms with Crippen LogP contribution in [0.2, 0.25) is 0 Å². The molecular formula is C9H16N4O2S2. The Balaban J connectivity index is 3.09. The Bertz CT molecular complexity index is 526. The minimum absolute atomic E-state index is 0.0400. The highest BCUT2D eigenvalue weighted by Gasteiger charge is 2.30. The van der Waals surface area contributed by atoms with Gasteiger partial charge in [0.25, 0.3) is 10.0 Å². The van der Waals surface area contributed by atoms with E-state index in [-0.39, 0.29) is 10.0 Å². The molecule has 0 bridgehead atoms. The number of thiocarbonyl (C=S) groups is 1. The van der Waals surface area contributed by atoms with Gasteiger partial charge in [0.2, 0.25) is 0 Å². The predicted octanol–water partition coefficient (Wildman–Crippen LogP) is 0.0715. The molecule has 0 aliphatic rings. The minimum Gasteiger partial charge on any atom is -0.392 e. The number of hydrogen-bond donors (Lipinski definition) is 2. The number of aromatic nitrogens is 2. The average Bonchev–Trinajstić information content (AvgIpc) is 2.45. The Morgan fingerprint density at radius 2 is 2.12 bits per heavy atom. The fourth-order valence-corrected chi connectivity index (χ4v) is 2.65. The Kier molecular flexibility index (Phi) is 3.60. The molecule has 0 fully saturated rings. The van der Waals surface area contributed by atoms with Gasteiger partial charge in [0.1, 0.15) is 5.82 Å². The molecule has 0 saturated carbocycles. The largest absolute Gasteiger partial charge is 0.392 e. The third-order valence-electron chi connectivity index (χ3n) is 2.37. The molecule has 0 saturated heterocycles. The van der Waals surface area contributed by atoms with Gasteiger partial charge in [0, 0.05) is 13.2 Å². The first-order valence-corrected chi connectivity index (χ1v) is 6.79. The van der Waals surface area contributed by atoms with Gasteiger partial charge in [0.15, 0.2) is 5.03 Å². The molecule has 0 aliphatic carbocycles. The first kappa shape index (κ1) is 14.1. The first-order chi connectivity index (χ1) is 7.56. The van der Waals surface area contributed by atoms with Crippen molar-refractivity contribution in [2.24, 2.45) is 12.8 Å². The number of hydrogen-bond acceptors (Lipinski definition) is 4. The summed E-state index contributed by atoms with van der Waals surface area (Å²) in [7, 11) is -1.99. The second-order valence-corrected chi connectivity index (χ2v) is 6.40. The number of nitrogens with zero attached hydrogens (tertiary/aromatic N) is 2. The van der Waals surface area contributed by atoms with Crippen LogP contribution in [-0.4, -0.2) is 28.5 Å². The van der Waals surface area contributed by atoms with E-state index in [0.717, 1.165) is 0 Å². The van der Waals surface area contributed by atoms with E-state index in [1.54, 1.807) is 32.4 Å². The normalized spacial score (nSPS) is 12.7. The molecule has 0 amide bonds. The molecule has 0 aliphatic heterocycles. The van der Waals surface area contributed by atoms with Crippen LogP contribution < -0.4 is 10.5 Å². The first-order valence-electron chi connectivity index (χ1n) is 4.90.